The lowest BCUT2D eigenvalue weighted by molar-refractivity contribution is -0.118. The molecule has 0 saturated carbocycles. The Morgan fingerprint density at radius 2 is 2.07 bits per heavy atom. The van der Waals surface area contributed by atoms with Crippen LogP contribution in [0.4, 0.5) is 16.5 Å². The first-order chi connectivity index (χ1) is 14.0. The summed E-state index contributed by atoms with van der Waals surface area (Å²) < 4.78 is 6.02. The van der Waals surface area contributed by atoms with E-state index >= 15 is 0 Å². The van der Waals surface area contributed by atoms with Crippen LogP contribution in [0, 0.1) is 13.8 Å². The molecule has 0 bridgehead atoms. The number of anilines is 3. The number of hydrogen-bond donors (Lipinski definition) is 2. The van der Waals surface area contributed by atoms with Crippen molar-refractivity contribution in [3.8, 4) is 5.75 Å². The number of fused-ring (bicyclic) bond motifs is 1. The van der Waals surface area contributed by atoms with Crippen LogP contribution in [0.5, 0.6) is 5.75 Å². The minimum absolute atomic E-state index is 0.00822. The van der Waals surface area contributed by atoms with E-state index < -0.39 is 0 Å². The molecule has 1 aliphatic heterocycles. The second-order valence-corrected chi connectivity index (χ2v) is 8.76. The third kappa shape index (κ3) is 4.57. The number of carbonyl (C=O) groups excluding carboxylic acids is 2. The molecule has 1 aliphatic rings. The number of Topliss-reactive ketones (excluding diaryl/α,β-unsaturated/α-hetero) is 1. The van der Waals surface area contributed by atoms with E-state index in [9.17, 15) is 9.59 Å². The first-order valence-electron chi connectivity index (χ1n) is 8.88. The molecular formula is C20H18N4O3S2. The van der Waals surface area contributed by atoms with Gasteiger partial charge in [0.25, 0.3) is 5.91 Å². The van der Waals surface area contributed by atoms with Crippen LogP contribution >= 0.6 is 23.1 Å². The zero-order valence-electron chi connectivity index (χ0n) is 15.8. The van der Waals surface area contributed by atoms with Crippen LogP contribution in [0.15, 0.2) is 40.7 Å². The number of nitrogens with one attached hydrogen (secondary N) is 2. The first-order valence-corrected chi connectivity index (χ1v) is 10.7. The van der Waals surface area contributed by atoms with Crippen molar-refractivity contribution in [2.45, 2.75) is 18.2 Å². The lowest BCUT2D eigenvalue weighted by Gasteiger charge is -2.18. The molecule has 0 radical (unpaired) electrons. The highest BCUT2D eigenvalue weighted by Crippen LogP contribution is 2.31. The monoisotopic (exact) mass is 426 g/mol. The van der Waals surface area contributed by atoms with E-state index in [4.69, 9.17) is 4.74 Å². The fraction of sp³-hybridized carbons (Fsp3) is 0.200. The predicted octanol–water partition coefficient (Wildman–Crippen LogP) is 4.20. The van der Waals surface area contributed by atoms with Crippen LogP contribution in [0.2, 0.25) is 0 Å². The van der Waals surface area contributed by atoms with E-state index in [2.05, 4.69) is 46.8 Å². The molecule has 7 nitrogen and oxygen atoms in total. The third-order valence-corrected chi connectivity index (χ3v) is 6.40. The van der Waals surface area contributed by atoms with Crippen molar-refractivity contribution in [3.05, 3.63) is 53.1 Å². The summed E-state index contributed by atoms with van der Waals surface area (Å²) in [6.45, 7) is 4.12. The van der Waals surface area contributed by atoms with Gasteiger partial charge >= 0.3 is 0 Å². The van der Waals surface area contributed by atoms with Crippen molar-refractivity contribution >= 4 is 51.3 Å². The smallest absolute Gasteiger partial charge is 0.262 e. The molecule has 0 fully saturated rings. The zero-order chi connectivity index (χ0) is 20.4. The topological polar surface area (TPSA) is 93.2 Å². The summed E-state index contributed by atoms with van der Waals surface area (Å²) in [5, 5.41) is 14.9. The first kappa shape index (κ1) is 19.4. The number of rotatable bonds is 6. The molecule has 0 atom stereocenters. The number of carbonyl (C=O) groups is 2. The summed E-state index contributed by atoms with van der Waals surface area (Å²) in [5.74, 6) is 0.511. The van der Waals surface area contributed by atoms with Gasteiger partial charge in [-0.15, -0.1) is 10.2 Å². The maximum atomic E-state index is 12.5. The highest BCUT2D eigenvalue weighted by atomic mass is 32.2. The van der Waals surface area contributed by atoms with Gasteiger partial charge in [0.05, 0.1) is 11.4 Å². The summed E-state index contributed by atoms with van der Waals surface area (Å²) in [6.07, 6.45) is 0. The van der Waals surface area contributed by atoms with E-state index in [1.165, 1.54) is 34.2 Å². The van der Waals surface area contributed by atoms with Crippen molar-refractivity contribution in [3.63, 3.8) is 0 Å². The van der Waals surface area contributed by atoms with Gasteiger partial charge in [-0.3, -0.25) is 9.59 Å². The highest BCUT2D eigenvalue weighted by Gasteiger charge is 2.18. The Morgan fingerprint density at radius 3 is 2.90 bits per heavy atom. The van der Waals surface area contributed by atoms with Gasteiger partial charge in [-0.2, -0.15) is 0 Å². The van der Waals surface area contributed by atoms with Crippen molar-refractivity contribution < 1.29 is 14.3 Å². The van der Waals surface area contributed by atoms with E-state index in [1.54, 1.807) is 18.2 Å². The van der Waals surface area contributed by atoms with Gasteiger partial charge in [0, 0.05) is 11.3 Å². The lowest BCUT2D eigenvalue weighted by atomic mass is 10.1. The van der Waals surface area contributed by atoms with Crippen LogP contribution in [0.1, 0.15) is 21.5 Å². The predicted molar refractivity (Wildman–Crippen MR) is 115 cm³/mol. The molecule has 0 spiro atoms. The van der Waals surface area contributed by atoms with Crippen LogP contribution < -0.4 is 15.4 Å². The Morgan fingerprint density at radius 1 is 1.21 bits per heavy atom. The molecule has 148 valence electrons. The van der Waals surface area contributed by atoms with Crippen molar-refractivity contribution in [2.75, 3.05) is 23.0 Å². The van der Waals surface area contributed by atoms with E-state index in [-0.39, 0.29) is 24.1 Å². The molecule has 2 aromatic carbocycles. The standard InChI is InChI=1S/C20H18N4O3S2/c1-11-3-5-14(7-12(11)2)21-19-23-24-20(29-19)28-10-16(25)13-4-6-17-15(8-13)22-18(26)9-27-17/h3-8H,9-10H2,1-2H3,(H,21,23)(H,22,26). The Hall–Kier alpha value is -2.91. The van der Waals surface area contributed by atoms with Crippen LogP contribution in [-0.2, 0) is 4.79 Å². The van der Waals surface area contributed by atoms with E-state index in [1.807, 2.05) is 6.07 Å². The Balaban J connectivity index is 1.37. The summed E-state index contributed by atoms with van der Waals surface area (Å²) in [6, 6.07) is 11.2. The maximum Gasteiger partial charge on any atom is 0.262 e. The second kappa shape index (κ2) is 8.22. The van der Waals surface area contributed by atoms with Crippen molar-refractivity contribution in [2.24, 2.45) is 0 Å². The Kier molecular flexibility index (Phi) is 5.50. The molecule has 1 amide bonds. The molecule has 0 saturated heterocycles. The van der Waals surface area contributed by atoms with Crippen LogP contribution in [0.25, 0.3) is 0 Å². The molecule has 9 heteroatoms. The quantitative estimate of drug-likeness (QED) is 0.451. The molecule has 2 heterocycles. The lowest BCUT2D eigenvalue weighted by Crippen LogP contribution is -2.25. The van der Waals surface area contributed by atoms with Gasteiger partial charge in [0.2, 0.25) is 5.13 Å². The van der Waals surface area contributed by atoms with Crippen LogP contribution in [0.3, 0.4) is 0 Å². The molecule has 29 heavy (non-hydrogen) atoms. The van der Waals surface area contributed by atoms with Gasteiger partial charge in [-0.1, -0.05) is 29.2 Å². The summed E-state index contributed by atoms with van der Waals surface area (Å²) in [4.78, 5) is 24.0. The Labute approximate surface area is 175 Å². The number of ketones is 1. The number of benzene rings is 2. The summed E-state index contributed by atoms with van der Waals surface area (Å²) >= 11 is 2.73. The van der Waals surface area contributed by atoms with Crippen LogP contribution in [-0.4, -0.2) is 34.2 Å². The minimum atomic E-state index is -0.228. The number of aryl methyl sites for hydroxylation is 2. The Bertz CT molecular complexity index is 1100. The fourth-order valence-corrected chi connectivity index (χ4v) is 4.40. The molecule has 3 aromatic rings. The van der Waals surface area contributed by atoms with Gasteiger partial charge in [0.1, 0.15) is 5.75 Å². The molecule has 0 unspecified atom stereocenters. The van der Waals surface area contributed by atoms with Gasteiger partial charge in [-0.05, 0) is 55.3 Å². The van der Waals surface area contributed by atoms with Crippen molar-refractivity contribution in [1.29, 1.82) is 0 Å². The number of aromatic nitrogens is 2. The number of nitrogens with zero attached hydrogens (tertiary/aromatic N) is 2. The number of amides is 1. The molecule has 2 N–H and O–H groups in total. The van der Waals surface area contributed by atoms with Gasteiger partial charge in [-0.25, -0.2) is 0 Å². The number of hydrogen-bond acceptors (Lipinski definition) is 8. The molecule has 4 rings (SSSR count). The minimum Gasteiger partial charge on any atom is -0.482 e. The average molecular weight is 427 g/mol. The second-order valence-electron chi connectivity index (χ2n) is 6.56. The van der Waals surface area contributed by atoms with Crippen molar-refractivity contribution in [1.82, 2.24) is 10.2 Å². The number of thioether (sulfide) groups is 1. The van der Waals surface area contributed by atoms with E-state index in [0.717, 1.165) is 5.69 Å². The average Bonchev–Trinajstić information content (AvgIpc) is 3.15. The third-order valence-electron chi connectivity index (χ3n) is 4.43. The molecular weight excluding hydrogens is 408 g/mol. The summed E-state index contributed by atoms with van der Waals surface area (Å²) in [7, 11) is 0. The maximum absolute atomic E-state index is 12.5. The fourth-order valence-electron chi connectivity index (χ4n) is 2.73. The highest BCUT2D eigenvalue weighted by molar-refractivity contribution is 8.01. The zero-order valence-corrected chi connectivity index (χ0v) is 17.4. The van der Waals surface area contributed by atoms with Gasteiger partial charge in [0.15, 0.2) is 16.7 Å². The normalized spacial score (nSPS) is 12.7. The number of ether oxygens (including phenoxy) is 1. The molecule has 1 aromatic heterocycles. The van der Waals surface area contributed by atoms with Gasteiger partial charge < -0.3 is 15.4 Å². The van der Waals surface area contributed by atoms with E-state index in [0.29, 0.717) is 26.5 Å². The SMILES string of the molecule is Cc1ccc(Nc2nnc(SCC(=O)c3ccc4c(c3)NC(=O)CO4)s2)cc1C. The molecule has 0 aliphatic carbocycles. The largest absolute Gasteiger partial charge is 0.482 e. The summed E-state index contributed by atoms with van der Waals surface area (Å²) in [5.41, 5.74) is 4.42.